The van der Waals surface area contributed by atoms with Gasteiger partial charge in [0.15, 0.2) is 11.7 Å². The van der Waals surface area contributed by atoms with Crippen LogP contribution in [0.15, 0.2) is 11.5 Å². The van der Waals surface area contributed by atoms with E-state index in [4.69, 9.17) is 10.9 Å². The van der Waals surface area contributed by atoms with Gasteiger partial charge >= 0.3 is 0 Å². The van der Waals surface area contributed by atoms with Crippen molar-refractivity contribution in [3.05, 3.63) is 12.2 Å². The average Bonchev–Trinajstić information content (AvgIpc) is 2.74. The lowest BCUT2D eigenvalue weighted by molar-refractivity contribution is -0.124. The third-order valence-electron chi connectivity index (χ3n) is 2.88. The van der Waals surface area contributed by atoms with E-state index in [0.29, 0.717) is 5.82 Å². The molecule has 1 aromatic rings. The maximum absolute atomic E-state index is 12.2. The number of hydrogen-bond donors (Lipinski definition) is 3. The van der Waals surface area contributed by atoms with Gasteiger partial charge in [0.05, 0.1) is 6.04 Å². The summed E-state index contributed by atoms with van der Waals surface area (Å²) in [4.78, 5) is 12.2. The molecule has 0 aliphatic heterocycles. The van der Waals surface area contributed by atoms with Gasteiger partial charge in [-0.05, 0) is 12.8 Å². The van der Waals surface area contributed by atoms with E-state index >= 15 is 0 Å². The number of aryl methyl sites for hydroxylation is 1. The third kappa shape index (κ3) is 3.43. The zero-order valence-electron chi connectivity index (χ0n) is 11.5. The number of aromatic nitrogens is 3. The van der Waals surface area contributed by atoms with Crippen LogP contribution in [0.4, 0.5) is 0 Å². The Kier molecular flexibility index (Phi) is 4.85. The summed E-state index contributed by atoms with van der Waals surface area (Å²) in [5, 5.41) is 22.1. The van der Waals surface area contributed by atoms with Crippen molar-refractivity contribution in [3.8, 4) is 0 Å². The van der Waals surface area contributed by atoms with E-state index in [1.165, 1.54) is 0 Å². The van der Waals surface area contributed by atoms with Gasteiger partial charge in [-0.25, -0.2) is 0 Å². The molecule has 8 heteroatoms. The highest BCUT2D eigenvalue weighted by Gasteiger charge is 2.28. The lowest BCUT2D eigenvalue weighted by atomic mass is 9.93. The SMILES string of the molecule is CC(NC(=O)C(C(N)=NO)C(C)C)c1nncn1C. The Morgan fingerprint density at radius 3 is 2.58 bits per heavy atom. The minimum absolute atomic E-state index is 0.0809. The van der Waals surface area contributed by atoms with E-state index in [9.17, 15) is 4.79 Å². The van der Waals surface area contributed by atoms with E-state index in [1.807, 2.05) is 13.8 Å². The number of carbonyl (C=O) groups excluding carboxylic acids is 1. The Morgan fingerprint density at radius 2 is 2.16 bits per heavy atom. The van der Waals surface area contributed by atoms with Gasteiger partial charge in [-0.1, -0.05) is 19.0 Å². The van der Waals surface area contributed by atoms with Gasteiger partial charge in [0.25, 0.3) is 0 Å². The summed E-state index contributed by atoms with van der Waals surface area (Å²) in [6.45, 7) is 5.45. The number of nitrogens with two attached hydrogens (primary N) is 1. The number of nitrogens with one attached hydrogen (secondary N) is 1. The van der Waals surface area contributed by atoms with Crippen molar-refractivity contribution in [2.24, 2.45) is 29.8 Å². The van der Waals surface area contributed by atoms with Crippen LogP contribution in [0.2, 0.25) is 0 Å². The molecule has 106 valence electrons. The van der Waals surface area contributed by atoms with Gasteiger partial charge in [0, 0.05) is 7.05 Å². The molecule has 8 nitrogen and oxygen atoms in total. The highest BCUT2D eigenvalue weighted by atomic mass is 16.4. The number of rotatable bonds is 5. The predicted molar refractivity (Wildman–Crippen MR) is 69.3 cm³/mol. The zero-order chi connectivity index (χ0) is 14.6. The van der Waals surface area contributed by atoms with Crippen molar-refractivity contribution in [2.45, 2.75) is 26.8 Å². The maximum atomic E-state index is 12.2. The Balaban J connectivity index is 2.81. The first-order valence-corrected chi connectivity index (χ1v) is 6.00. The average molecular weight is 268 g/mol. The number of carbonyl (C=O) groups is 1. The Bertz CT molecular complexity index is 468. The second-order valence-electron chi connectivity index (χ2n) is 4.78. The third-order valence-corrected chi connectivity index (χ3v) is 2.88. The number of amidine groups is 1. The number of amides is 1. The molecule has 0 fully saturated rings. The molecule has 0 spiro atoms. The molecule has 19 heavy (non-hydrogen) atoms. The standard InChI is InChI=1S/C11H20N6O2/c1-6(2)8(9(12)16-19)11(18)14-7(3)10-15-13-5-17(10)4/h5-8,19H,1-4H3,(H2,12,16)(H,14,18). The second-order valence-corrected chi connectivity index (χ2v) is 4.78. The molecule has 4 N–H and O–H groups in total. The van der Waals surface area contributed by atoms with E-state index < -0.39 is 5.92 Å². The fourth-order valence-electron chi connectivity index (χ4n) is 1.89. The molecule has 0 aliphatic carbocycles. The molecule has 1 heterocycles. The summed E-state index contributed by atoms with van der Waals surface area (Å²) < 4.78 is 1.72. The number of oxime groups is 1. The first-order valence-electron chi connectivity index (χ1n) is 6.00. The molecule has 0 saturated carbocycles. The fourth-order valence-corrected chi connectivity index (χ4v) is 1.89. The van der Waals surface area contributed by atoms with Gasteiger partial charge in [-0.3, -0.25) is 4.79 Å². The summed E-state index contributed by atoms with van der Waals surface area (Å²) in [6.07, 6.45) is 1.56. The Labute approximate surface area is 111 Å². The van der Waals surface area contributed by atoms with Crippen LogP contribution in [-0.4, -0.2) is 31.7 Å². The zero-order valence-corrected chi connectivity index (χ0v) is 11.5. The summed E-state index contributed by atoms with van der Waals surface area (Å²) in [6, 6.07) is -0.312. The second kappa shape index (κ2) is 6.17. The van der Waals surface area contributed by atoms with Crippen LogP contribution in [0.5, 0.6) is 0 Å². The van der Waals surface area contributed by atoms with Crippen molar-refractivity contribution in [2.75, 3.05) is 0 Å². The van der Waals surface area contributed by atoms with Crippen molar-refractivity contribution < 1.29 is 10.0 Å². The molecule has 2 unspecified atom stereocenters. The van der Waals surface area contributed by atoms with E-state index in [0.717, 1.165) is 0 Å². The van der Waals surface area contributed by atoms with Crippen molar-refractivity contribution in [1.29, 1.82) is 0 Å². The Hall–Kier alpha value is -2.12. The van der Waals surface area contributed by atoms with Crippen LogP contribution in [0.25, 0.3) is 0 Å². The number of hydrogen-bond acceptors (Lipinski definition) is 5. The van der Waals surface area contributed by atoms with Crippen LogP contribution in [0.3, 0.4) is 0 Å². The summed E-state index contributed by atoms with van der Waals surface area (Å²) in [7, 11) is 1.79. The summed E-state index contributed by atoms with van der Waals surface area (Å²) >= 11 is 0. The van der Waals surface area contributed by atoms with Gasteiger partial charge in [-0.15, -0.1) is 10.2 Å². The molecule has 1 amide bonds. The van der Waals surface area contributed by atoms with Crippen molar-refractivity contribution >= 4 is 11.7 Å². The minimum atomic E-state index is -0.680. The Morgan fingerprint density at radius 1 is 1.53 bits per heavy atom. The number of nitrogens with zero attached hydrogens (tertiary/aromatic N) is 4. The molecule has 1 rings (SSSR count). The van der Waals surface area contributed by atoms with Crippen LogP contribution in [0, 0.1) is 11.8 Å². The van der Waals surface area contributed by atoms with Gasteiger partial charge in [-0.2, -0.15) is 0 Å². The van der Waals surface area contributed by atoms with E-state index in [-0.39, 0.29) is 23.7 Å². The molecular weight excluding hydrogens is 248 g/mol. The molecule has 0 aliphatic rings. The normalized spacial score (nSPS) is 15.3. The largest absolute Gasteiger partial charge is 0.409 e. The van der Waals surface area contributed by atoms with Gasteiger partial charge < -0.3 is 20.8 Å². The van der Waals surface area contributed by atoms with E-state index in [2.05, 4.69) is 20.7 Å². The molecule has 1 aromatic heterocycles. The van der Waals surface area contributed by atoms with Crippen LogP contribution < -0.4 is 11.1 Å². The minimum Gasteiger partial charge on any atom is -0.409 e. The molecule has 2 atom stereocenters. The quantitative estimate of drug-likeness (QED) is 0.301. The monoisotopic (exact) mass is 268 g/mol. The van der Waals surface area contributed by atoms with Gasteiger partial charge in [0.1, 0.15) is 12.2 Å². The topological polar surface area (TPSA) is 118 Å². The maximum Gasteiger partial charge on any atom is 0.231 e. The molecule has 0 bridgehead atoms. The highest BCUT2D eigenvalue weighted by molar-refractivity contribution is 6.02. The first-order chi connectivity index (χ1) is 8.88. The molecular formula is C11H20N6O2. The van der Waals surface area contributed by atoms with Crippen molar-refractivity contribution in [1.82, 2.24) is 20.1 Å². The van der Waals surface area contributed by atoms with Gasteiger partial charge in [0.2, 0.25) is 5.91 Å². The van der Waals surface area contributed by atoms with Crippen molar-refractivity contribution in [3.63, 3.8) is 0 Å². The lowest BCUT2D eigenvalue weighted by Crippen LogP contribution is -2.43. The lowest BCUT2D eigenvalue weighted by Gasteiger charge is -2.21. The van der Waals surface area contributed by atoms with Crippen LogP contribution in [0.1, 0.15) is 32.6 Å². The fraction of sp³-hybridized carbons (Fsp3) is 0.636. The van der Waals surface area contributed by atoms with Crippen LogP contribution >= 0.6 is 0 Å². The molecule has 0 aromatic carbocycles. The highest BCUT2D eigenvalue weighted by Crippen LogP contribution is 2.14. The summed E-state index contributed by atoms with van der Waals surface area (Å²) in [5.41, 5.74) is 5.55. The first kappa shape index (κ1) is 14.9. The molecule has 0 radical (unpaired) electrons. The predicted octanol–water partition coefficient (Wildman–Crippen LogP) is 0.0109. The summed E-state index contributed by atoms with van der Waals surface area (Å²) in [5.74, 6) is -0.530. The van der Waals surface area contributed by atoms with Crippen LogP contribution in [-0.2, 0) is 11.8 Å². The molecule has 0 saturated heterocycles. The van der Waals surface area contributed by atoms with E-state index in [1.54, 1.807) is 24.9 Å². The smallest absolute Gasteiger partial charge is 0.231 e.